The first-order valence-corrected chi connectivity index (χ1v) is 7.83. The number of carbonyl (C=O) groups is 2. The molecule has 1 N–H and O–H groups in total. The Morgan fingerprint density at radius 1 is 1.00 bits per heavy atom. The summed E-state index contributed by atoms with van der Waals surface area (Å²) in [5.74, 6) is -0.297. The van der Waals surface area contributed by atoms with Gasteiger partial charge in [-0.15, -0.1) is 0 Å². The lowest BCUT2D eigenvalue weighted by molar-refractivity contribution is -0.120. The Morgan fingerprint density at radius 3 is 2.29 bits per heavy atom. The molecule has 5 nitrogen and oxygen atoms in total. The van der Waals surface area contributed by atoms with E-state index in [9.17, 15) is 9.59 Å². The molecule has 0 saturated heterocycles. The van der Waals surface area contributed by atoms with Crippen molar-refractivity contribution in [2.24, 2.45) is 0 Å². The number of para-hydroxylation sites is 1. The number of rotatable bonds is 5. The molecule has 0 atom stereocenters. The highest BCUT2D eigenvalue weighted by molar-refractivity contribution is 6.53. The zero-order valence-electron chi connectivity index (χ0n) is 13.0. The predicted octanol–water partition coefficient (Wildman–Crippen LogP) is 3.52. The number of hydrogen-bond acceptors (Lipinski definition) is 4. The smallest absolute Gasteiger partial charge is 0.283 e. The SMILES string of the molecule is CCOc1ccc(NC2=C(Cl)C(=O)N(c3ccccc3)C2=O)cc1. The summed E-state index contributed by atoms with van der Waals surface area (Å²) >= 11 is 6.08. The molecular weight excluding hydrogens is 328 g/mol. The Labute approximate surface area is 144 Å². The lowest BCUT2D eigenvalue weighted by atomic mass is 10.2. The molecule has 6 heteroatoms. The number of benzene rings is 2. The van der Waals surface area contributed by atoms with Gasteiger partial charge < -0.3 is 10.1 Å². The molecule has 0 unspecified atom stereocenters. The Balaban J connectivity index is 1.83. The van der Waals surface area contributed by atoms with E-state index in [2.05, 4.69) is 5.32 Å². The number of hydrogen-bond donors (Lipinski definition) is 1. The van der Waals surface area contributed by atoms with Crippen molar-refractivity contribution in [3.8, 4) is 5.75 Å². The van der Waals surface area contributed by atoms with E-state index in [1.54, 1.807) is 48.5 Å². The Kier molecular flexibility index (Phi) is 4.53. The average Bonchev–Trinajstić information content (AvgIpc) is 2.81. The summed E-state index contributed by atoms with van der Waals surface area (Å²) in [4.78, 5) is 25.9. The van der Waals surface area contributed by atoms with Gasteiger partial charge in [0, 0.05) is 5.69 Å². The van der Waals surface area contributed by atoms with E-state index in [1.807, 2.05) is 13.0 Å². The van der Waals surface area contributed by atoms with E-state index in [0.29, 0.717) is 18.0 Å². The van der Waals surface area contributed by atoms with E-state index in [0.717, 1.165) is 10.6 Å². The maximum absolute atomic E-state index is 12.6. The molecule has 122 valence electrons. The second kappa shape index (κ2) is 6.76. The zero-order chi connectivity index (χ0) is 17.1. The van der Waals surface area contributed by atoms with Gasteiger partial charge in [-0.3, -0.25) is 9.59 Å². The van der Waals surface area contributed by atoms with Gasteiger partial charge in [0.15, 0.2) is 0 Å². The molecule has 1 aliphatic rings. The van der Waals surface area contributed by atoms with Crippen molar-refractivity contribution in [3.63, 3.8) is 0 Å². The highest BCUT2D eigenvalue weighted by Crippen LogP contribution is 2.30. The number of imide groups is 1. The molecule has 0 spiro atoms. The van der Waals surface area contributed by atoms with Crippen LogP contribution in [0.4, 0.5) is 11.4 Å². The van der Waals surface area contributed by atoms with Gasteiger partial charge >= 0.3 is 0 Å². The second-order valence-corrected chi connectivity index (χ2v) is 5.43. The van der Waals surface area contributed by atoms with Crippen LogP contribution < -0.4 is 15.0 Å². The van der Waals surface area contributed by atoms with Crippen molar-refractivity contribution in [3.05, 3.63) is 65.3 Å². The molecule has 0 aromatic heterocycles. The lowest BCUT2D eigenvalue weighted by Gasteiger charge is -2.14. The van der Waals surface area contributed by atoms with Gasteiger partial charge in [-0.1, -0.05) is 29.8 Å². The molecule has 0 bridgehead atoms. The fourth-order valence-electron chi connectivity index (χ4n) is 2.37. The topological polar surface area (TPSA) is 58.6 Å². The van der Waals surface area contributed by atoms with Gasteiger partial charge in [-0.2, -0.15) is 0 Å². The monoisotopic (exact) mass is 342 g/mol. The van der Waals surface area contributed by atoms with Gasteiger partial charge in [-0.25, -0.2) is 4.90 Å². The van der Waals surface area contributed by atoms with E-state index >= 15 is 0 Å². The number of amides is 2. The van der Waals surface area contributed by atoms with Crippen LogP contribution in [0.15, 0.2) is 65.3 Å². The summed E-state index contributed by atoms with van der Waals surface area (Å²) in [7, 11) is 0. The van der Waals surface area contributed by atoms with Crippen LogP contribution in [0.2, 0.25) is 0 Å². The Hall–Kier alpha value is -2.79. The number of halogens is 1. The van der Waals surface area contributed by atoms with Crippen molar-refractivity contribution in [1.29, 1.82) is 0 Å². The minimum Gasteiger partial charge on any atom is -0.494 e. The van der Waals surface area contributed by atoms with Gasteiger partial charge in [0.25, 0.3) is 11.8 Å². The van der Waals surface area contributed by atoms with Crippen molar-refractivity contribution in [2.75, 3.05) is 16.8 Å². The van der Waals surface area contributed by atoms with E-state index < -0.39 is 11.8 Å². The highest BCUT2D eigenvalue weighted by atomic mass is 35.5. The summed E-state index contributed by atoms with van der Waals surface area (Å²) in [5, 5.41) is 2.79. The van der Waals surface area contributed by atoms with Crippen molar-refractivity contribution < 1.29 is 14.3 Å². The van der Waals surface area contributed by atoms with Crippen LogP contribution in [0, 0.1) is 0 Å². The van der Waals surface area contributed by atoms with Crippen LogP contribution >= 0.6 is 11.6 Å². The summed E-state index contributed by atoms with van der Waals surface area (Å²) in [5.41, 5.74) is 1.19. The third-order valence-corrected chi connectivity index (χ3v) is 3.83. The normalized spacial score (nSPS) is 14.3. The lowest BCUT2D eigenvalue weighted by Crippen LogP contribution is -2.32. The first-order chi connectivity index (χ1) is 11.6. The van der Waals surface area contributed by atoms with Crippen molar-refractivity contribution >= 4 is 34.8 Å². The number of ether oxygens (including phenoxy) is 1. The molecule has 1 aliphatic heterocycles. The fraction of sp³-hybridized carbons (Fsp3) is 0.111. The molecule has 0 saturated carbocycles. The van der Waals surface area contributed by atoms with Gasteiger partial charge in [0.1, 0.15) is 16.5 Å². The quantitative estimate of drug-likeness (QED) is 0.845. The standard InChI is InChI=1S/C18H15ClN2O3/c1-2-24-14-10-8-12(9-11-14)20-16-15(19)17(22)21(18(16)23)13-6-4-3-5-7-13/h3-11,20H,2H2,1H3. The third-order valence-electron chi connectivity index (χ3n) is 3.48. The van der Waals surface area contributed by atoms with Crippen LogP contribution in [0.1, 0.15) is 6.92 Å². The third kappa shape index (κ3) is 2.98. The van der Waals surface area contributed by atoms with Crippen LogP contribution in [0.5, 0.6) is 5.75 Å². The average molecular weight is 343 g/mol. The predicted molar refractivity (Wildman–Crippen MR) is 93.0 cm³/mol. The molecule has 0 aliphatic carbocycles. The van der Waals surface area contributed by atoms with Crippen LogP contribution in [0.25, 0.3) is 0 Å². The first-order valence-electron chi connectivity index (χ1n) is 7.45. The minimum absolute atomic E-state index is 0.0645. The fourth-order valence-corrected chi connectivity index (χ4v) is 2.58. The van der Waals surface area contributed by atoms with Gasteiger partial charge in [-0.05, 0) is 43.3 Å². The van der Waals surface area contributed by atoms with Crippen LogP contribution in [-0.2, 0) is 9.59 Å². The highest BCUT2D eigenvalue weighted by Gasteiger charge is 2.38. The Morgan fingerprint density at radius 2 is 1.67 bits per heavy atom. The molecule has 24 heavy (non-hydrogen) atoms. The van der Waals surface area contributed by atoms with Crippen molar-refractivity contribution in [2.45, 2.75) is 6.92 Å². The molecule has 0 radical (unpaired) electrons. The molecule has 2 aromatic carbocycles. The molecular formula is C18H15ClN2O3. The summed E-state index contributed by atoms with van der Waals surface area (Å²) < 4.78 is 5.37. The molecule has 2 amide bonds. The molecule has 3 rings (SSSR count). The van der Waals surface area contributed by atoms with Crippen molar-refractivity contribution in [1.82, 2.24) is 0 Å². The second-order valence-electron chi connectivity index (χ2n) is 5.05. The summed E-state index contributed by atoms with van der Waals surface area (Å²) in [6.45, 7) is 2.47. The number of anilines is 2. The number of nitrogens with one attached hydrogen (secondary N) is 1. The number of nitrogens with zero attached hydrogens (tertiary/aromatic N) is 1. The largest absolute Gasteiger partial charge is 0.494 e. The van der Waals surface area contributed by atoms with E-state index in [4.69, 9.17) is 16.3 Å². The van der Waals surface area contributed by atoms with E-state index in [-0.39, 0.29) is 10.7 Å². The summed E-state index contributed by atoms with van der Waals surface area (Å²) in [6, 6.07) is 15.7. The molecule has 0 fully saturated rings. The van der Waals surface area contributed by atoms with Crippen LogP contribution in [0.3, 0.4) is 0 Å². The summed E-state index contributed by atoms with van der Waals surface area (Å²) in [6.07, 6.45) is 0. The Bertz CT molecular complexity index is 801. The van der Waals surface area contributed by atoms with Gasteiger partial charge in [0.2, 0.25) is 0 Å². The maximum atomic E-state index is 12.6. The van der Waals surface area contributed by atoms with Gasteiger partial charge in [0.05, 0.1) is 12.3 Å². The zero-order valence-corrected chi connectivity index (χ0v) is 13.7. The molecule has 1 heterocycles. The molecule has 2 aromatic rings. The minimum atomic E-state index is -0.540. The first kappa shape index (κ1) is 16.1. The van der Waals surface area contributed by atoms with Crippen LogP contribution in [-0.4, -0.2) is 18.4 Å². The maximum Gasteiger partial charge on any atom is 0.283 e. The number of carbonyl (C=O) groups excluding carboxylic acids is 2. The van der Waals surface area contributed by atoms with E-state index in [1.165, 1.54) is 0 Å².